The molecule has 0 unspecified atom stereocenters. The first kappa shape index (κ1) is 21.1. The van der Waals surface area contributed by atoms with Crippen molar-refractivity contribution < 1.29 is 9.53 Å². The molecule has 1 aliphatic heterocycles. The van der Waals surface area contributed by atoms with E-state index < -0.39 is 6.04 Å². The zero-order valence-electron chi connectivity index (χ0n) is 18.4. The van der Waals surface area contributed by atoms with Gasteiger partial charge in [-0.15, -0.1) is 0 Å². The largest absolute Gasteiger partial charge is 0.377 e. The van der Waals surface area contributed by atoms with Crippen LogP contribution in [0.1, 0.15) is 33.0 Å². The predicted octanol–water partition coefficient (Wildman–Crippen LogP) is 2.05. The molecule has 164 valence electrons. The van der Waals surface area contributed by atoms with E-state index >= 15 is 0 Å². The highest BCUT2D eigenvalue weighted by Gasteiger charge is 2.30. The summed E-state index contributed by atoms with van der Waals surface area (Å²) in [6, 6.07) is -0.355. The minimum atomic E-state index is -0.406. The number of hydrogen-bond donors (Lipinski definition) is 1. The monoisotopic (exact) mass is 424 g/mol. The molecule has 1 fully saturated rings. The van der Waals surface area contributed by atoms with Crippen molar-refractivity contribution in [1.29, 1.82) is 0 Å². The summed E-state index contributed by atoms with van der Waals surface area (Å²) < 4.78 is 7.47. The Bertz CT molecular complexity index is 1070. The van der Waals surface area contributed by atoms with Gasteiger partial charge in [0.05, 0.1) is 24.8 Å². The number of carbonyl (C=O) groups is 1. The highest BCUT2D eigenvalue weighted by molar-refractivity contribution is 5.90. The van der Waals surface area contributed by atoms with Gasteiger partial charge >= 0.3 is 0 Å². The van der Waals surface area contributed by atoms with E-state index in [0.717, 1.165) is 11.4 Å². The van der Waals surface area contributed by atoms with Crippen molar-refractivity contribution in [2.24, 2.45) is 0 Å². The number of nitrogens with one attached hydrogen (secondary N) is 1. The number of aromatic nitrogens is 6. The van der Waals surface area contributed by atoms with Crippen LogP contribution >= 0.6 is 0 Å². The lowest BCUT2D eigenvalue weighted by molar-refractivity contribution is -0.140. The minimum absolute atomic E-state index is 0.0483. The average molecular weight is 425 g/mol. The van der Waals surface area contributed by atoms with Crippen LogP contribution in [0.3, 0.4) is 0 Å². The number of anilines is 1. The van der Waals surface area contributed by atoms with Crippen molar-refractivity contribution in [1.82, 2.24) is 34.4 Å². The fraction of sp³-hybridized carbons (Fsp3) is 0.524. The molecule has 1 N–H and O–H groups in total. The number of morpholine rings is 1. The van der Waals surface area contributed by atoms with Gasteiger partial charge in [-0.3, -0.25) is 4.79 Å². The zero-order chi connectivity index (χ0) is 22.0. The normalized spacial score (nSPS) is 17.7. The number of aryl methyl sites for hydroxylation is 2. The van der Waals surface area contributed by atoms with E-state index in [9.17, 15) is 4.79 Å². The molecule has 3 aromatic heterocycles. The molecule has 4 rings (SSSR count). The van der Waals surface area contributed by atoms with E-state index in [4.69, 9.17) is 9.72 Å². The fourth-order valence-corrected chi connectivity index (χ4v) is 3.83. The van der Waals surface area contributed by atoms with Crippen LogP contribution in [0.25, 0.3) is 22.6 Å². The van der Waals surface area contributed by atoms with Crippen LogP contribution < -0.4 is 5.32 Å². The molecule has 1 amide bonds. The van der Waals surface area contributed by atoms with E-state index in [0.29, 0.717) is 55.5 Å². The van der Waals surface area contributed by atoms with E-state index in [1.807, 2.05) is 37.2 Å². The topological polar surface area (TPSA) is 111 Å². The van der Waals surface area contributed by atoms with Crippen molar-refractivity contribution in [2.45, 2.75) is 52.7 Å². The zero-order valence-corrected chi connectivity index (χ0v) is 18.4. The van der Waals surface area contributed by atoms with Gasteiger partial charge < -0.3 is 19.5 Å². The predicted molar refractivity (Wildman–Crippen MR) is 116 cm³/mol. The molecule has 3 aromatic rings. The van der Waals surface area contributed by atoms with Crippen LogP contribution in [-0.2, 0) is 16.1 Å². The lowest BCUT2D eigenvalue weighted by atomic mass is 10.1. The summed E-state index contributed by atoms with van der Waals surface area (Å²) in [5.41, 5.74) is 2.14. The molecule has 0 bridgehead atoms. The molecule has 1 saturated heterocycles. The maximum atomic E-state index is 13.2. The summed E-state index contributed by atoms with van der Waals surface area (Å²) in [6.07, 6.45) is 5.65. The first-order valence-electron chi connectivity index (χ1n) is 10.7. The number of fused-ring (bicyclic) bond motifs is 1. The lowest BCUT2D eigenvalue weighted by Crippen LogP contribution is -2.52. The van der Waals surface area contributed by atoms with Gasteiger partial charge in [-0.2, -0.15) is 0 Å². The molecule has 0 saturated carbocycles. The average Bonchev–Trinajstić information content (AvgIpc) is 3.17. The van der Waals surface area contributed by atoms with Crippen LogP contribution in [0.5, 0.6) is 0 Å². The van der Waals surface area contributed by atoms with Gasteiger partial charge in [-0.05, 0) is 27.2 Å². The van der Waals surface area contributed by atoms with Crippen LogP contribution in [0.2, 0.25) is 0 Å². The molecule has 0 radical (unpaired) electrons. The lowest BCUT2D eigenvalue weighted by Gasteiger charge is -2.35. The molecular formula is C21H28N8O2. The van der Waals surface area contributed by atoms with E-state index in [-0.39, 0.29) is 11.9 Å². The summed E-state index contributed by atoms with van der Waals surface area (Å²) in [4.78, 5) is 37.3. The third kappa shape index (κ3) is 4.07. The van der Waals surface area contributed by atoms with Gasteiger partial charge in [0.15, 0.2) is 17.0 Å². The van der Waals surface area contributed by atoms with Crippen LogP contribution in [0, 0.1) is 6.92 Å². The molecule has 10 heteroatoms. The smallest absolute Gasteiger partial charge is 0.245 e. The van der Waals surface area contributed by atoms with Crippen molar-refractivity contribution in [3.8, 4) is 11.4 Å². The van der Waals surface area contributed by atoms with Crippen molar-refractivity contribution in [3.63, 3.8) is 0 Å². The number of carbonyl (C=O) groups excluding carboxylic acids is 1. The SMILES string of the molecule is CC[C@H](Nc1ncnc2c1nc(-c1cnc(C)nc1)n2CC)C(=O)N1CCOC[C@H]1C. The minimum Gasteiger partial charge on any atom is -0.377 e. The summed E-state index contributed by atoms with van der Waals surface area (Å²) in [5.74, 6) is 2.02. The maximum absolute atomic E-state index is 13.2. The van der Waals surface area contributed by atoms with Gasteiger partial charge in [0, 0.05) is 25.5 Å². The second-order valence-corrected chi connectivity index (χ2v) is 7.65. The molecule has 0 aromatic carbocycles. The second kappa shape index (κ2) is 8.93. The van der Waals surface area contributed by atoms with Gasteiger partial charge in [0.1, 0.15) is 24.0 Å². The Labute approximate surface area is 181 Å². The van der Waals surface area contributed by atoms with Crippen LogP contribution in [-0.4, -0.2) is 72.1 Å². The standard InChI is InChI=1S/C21H28N8O2/c1-5-16(21(30)29-7-8-31-11-13(29)3)26-18-17-20(25-12-24-18)28(6-2)19(27-17)15-9-22-14(4)23-10-15/h9-10,12-13,16H,5-8,11H2,1-4H3,(H,24,25,26)/t13-,16+/m1/s1. The van der Waals surface area contributed by atoms with E-state index in [1.165, 1.54) is 6.33 Å². The molecule has 2 atom stereocenters. The molecule has 0 spiro atoms. The highest BCUT2D eigenvalue weighted by atomic mass is 16.5. The van der Waals surface area contributed by atoms with Crippen molar-refractivity contribution in [3.05, 3.63) is 24.5 Å². The molecule has 1 aliphatic rings. The Morgan fingerprint density at radius 2 is 2.03 bits per heavy atom. The maximum Gasteiger partial charge on any atom is 0.245 e. The third-order valence-electron chi connectivity index (χ3n) is 5.56. The van der Waals surface area contributed by atoms with Crippen LogP contribution in [0.4, 0.5) is 5.82 Å². The fourth-order valence-electron chi connectivity index (χ4n) is 3.83. The Morgan fingerprint density at radius 3 is 2.71 bits per heavy atom. The number of amides is 1. The van der Waals surface area contributed by atoms with Crippen molar-refractivity contribution in [2.75, 3.05) is 25.1 Å². The Kier molecular flexibility index (Phi) is 6.08. The number of hydrogen-bond acceptors (Lipinski definition) is 8. The van der Waals surface area contributed by atoms with Gasteiger partial charge in [-0.1, -0.05) is 6.92 Å². The van der Waals surface area contributed by atoms with Gasteiger partial charge in [0.2, 0.25) is 5.91 Å². The Hall–Kier alpha value is -3.14. The van der Waals surface area contributed by atoms with Crippen molar-refractivity contribution >= 4 is 22.9 Å². The molecule has 31 heavy (non-hydrogen) atoms. The van der Waals surface area contributed by atoms with Gasteiger partial charge in [0.25, 0.3) is 0 Å². The molecule has 0 aliphatic carbocycles. The quantitative estimate of drug-likeness (QED) is 0.640. The van der Waals surface area contributed by atoms with E-state index in [1.54, 1.807) is 12.4 Å². The summed E-state index contributed by atoms with van der Waals surface area (Å²) in [5, 5.41) is 3.32. The third-order valence-corrected chi connectivity index (χ3v) is 5.56. The van der Waals surface area contributed by atoms with Gasteiger partial charge in [-0.25, -0.2) is 24.9 Å². The second-order valence-electron chi connectivity index (χ2n) is 7.65. The number of ether oxygens (including phenoxy) is 1. The highest BCUT2D eigenvalue weighted by Crippen LogP contribution is 2.27. The number of rotatable bonds is 6. The van der Waals surface area contributed by atoms with E-state index in [2.05, 4.69) is 25.3 Å². The van der Waals surface area contributed by atoms with Crippen LogP contribution in [0.15, 0.2) is 18.7 Å². The first-order chi connectivity index (χ1) is 15.0. The molecule has 4 heterocycles. The molecular weight excluding hydrogens is 396 g/mol. The number of imidazole rings is 1. The summed E-state index contributed by atoms with van der Waals surface area (Å²) in [7, 11) is 0. The Balaban J connectivity index is 1.69. The first-order valence-corrected chi connectivity index (χ1v) is 10.7. The summed E-state index contributed by atoms with van der Waals surface area (Å²) >= 11 is 0. The summed E-state index contributed by atoms with van der Waals surface area (Å²) in [6.45, 7) is 10.3. The Morgan fingerprint density at radius 1 is 1.26 bits per heavy atom. The molecule has 10 nitrogen and oxygen atoms in total. The number of nitrogens with zero attached hydrogens (tertiary/aromatic N) is 7.